The molecule has 0 aromatic heterocycles. The minimum atomic E-state index is -0.739. The van der Waals surface area contributed by atoms with Gasteiger partial charge in [0.05, 0.1) is 13.2 Å². The molecule has 2 aliphatic heterocycles. The molecule has 0 amide bonds. The number of hydrogen-bond acceptors (Lipinski definition) is 3. The van der Waals surface area contributed by atoms with E-state index in [1.807, 2.05) is 37.3 Å². The van der Waals surface area contributed by atoms with E-state index in [1.54, 1.807) is 6.07 Å². The van der Waals surface area contributed by atoms with Crippen LogP contribution in [0.3, 0.4) is 0 Å². The van der Waals surface area contributed by atoms with Gasteiger partial charge in [0.2, 0.25) is 0 Å². The molecular formula is C25H26FNO2. The van der Waals surface area contributed by atoms with Crippen LogP contribution in [0.15, 0.2) is 84.3 Å². The summed E-state index contributed by atoms with van der Waals surface area (Å²) in [7, 11) is 0. The summed E-state index contributed by atoms with van der Waals surface area (Å²) in [6.45, 7) is 7.27. The maximum absolute atomic E-state index is 13.9. The van der Waals surface area contributed by atoms with E-state index in [0.29, 0.717) is 0 Å². The van der Waals surface area contributed by atoms with Crippen LogP contribution in [0, 0.1) is 5.82 Å². The van der Waals surface area contributed by atoms with Crippen molar-refractivity contribution in [2.24, 2.45) is 0 Å². The van der Waals surface area contributed by atoms with Crippen molar-refractivity contribution in [1.82, 2.24) is 4.90 Å². The standard InChI is InChI=1S/C25H26FNO2/c1-19(27-13-15-28-16-14-27)17-24-23(20-7-4-3-5-8-20)11-12-25(2,29-24)21-9-6-10-22(26)18-21/h3-12,17-18H,13-16H2,1-2H3/b19-17+. The number of halogens is 1. The van der Waals surface area contributed by atoms with Gasteiger partial charge in [-0.1, -0.05) is 48.5 Å². The van der Waals surface area contributed by atoms with Gasteiger partial charge >= 0.3 is 0 Å². The van der Waals surface area contributed by atoms with Gasteiger partial charge in [0.25, 0.3) is 0 Å². The van der Waals surface area contributed by atoms with Crippen molar-refractivity contribution in [2.75, 3.05) is 26.3 Å². The van der Waals surface area contributed by atoms with Crippen LogP contribution >= 0.6 is 0 Å². The molecule has 1 saturated heterocycles. The lowest BCUT2D eigenvalue weighted by molar-refractivity contribution is 0.0507. The predicted molar refractivity (Wildman–Crippen MR) is 113 cm³/mol. The Hall–Kier alpha value is -2.85. The zero-order valence-electron chi connectivity index (χ0n) is 16.9. The van der Waals surface area contributed by atoms with Crippen LogP contribution in [-0.2, 0) is 15.1 Å². The summed E-state index contributed by atoms with van der Waals surface area (Å²) in [6, 6.07) is 16.8. The van der Waals surface area contributed by atoms with Crippen LogP contribution in [0.5, 0.6) is 0 Å². The van der Waals surface area contributed by atoms with Crippen molar-refractivity contribution in [3.63, 3.8) is 0 Å². The molecule has 4 heteroatoms. The highest BCUT2D eigenvalue weighted by Crippen LogP contribution is 2.38. The predicted octanol–water partition coefficient (Wildman–Crippen LogP) is 5.27. The molecule has 1 atom stereocenters. The minimum Gasteiger partial charge on any atom is -0.478 e. The zero-order valence-corrected chi connectivity index (χ0v) is 16.9. The van der Waals surface area contributed by atoms with Crippen LogP contribution in [0.1, 0.15) is 25.0 Å². The maximum Gasteiger partial charge on any atom is 0.150 e. The van der Waals surface area contributed by atoms with Crippen LogP contribution in [0.2, 0.25) is 0 Å². The summed E-state index contributed by atoms with van der Waals surface area (Å²) in [5.41, 5.74) is 3.29. The van der Waals surface area contributed by atoms with Gasteiger partial charge in [0, 0.05) is 29.9 Å². The van der Waals surface area contributed by atoms with E-state index in [0.717, 1.165) is 54.5 Å². The SMILES string of the molecule is C/C(=C\C1=C(c2ccccc2)C=CC(C)(c2cccc(F)c2)O1)N1CCOCC1. The van der Waals surface area contributed by atoms with Crippen LogP contribution in [-0.4, -0.2) is 31.2 Å². The van der Waals surface area contributed by atoms with Gasteiger partial charge in [-0.15, -0.1) is 0 Å². The van der Waals surface area contributed by atoms with Crippen molar-refractivity contribution in [1.29, 1.82) is 0 Å². The van der Waals surface area contributed by atoms with E-state index in [9.17, 15) is 4.39 Å². The lowest BCUT2D eigenvalue weighted by Gasteiger charge is -2.34. The van der Waals surface area contributed by atoms with Gasteiger partial charge in [-0.3, -0.25) is 0 Å². The second kappa shape index (κ2) is 8.26. The summed E-state index contributed by atoms with van der Waals surface area (Å²) >= 11 is 0. The van der Waals surface area contributed by atoms with Crippen LogP contribution in [0.25, 0.3) is 5.57 Å². The molecule has 0 radical (unpaired) electrons. The Morgan fingerprint density at radius 3 is 2.55 bits per heavy atom. The second-order valence-corrected chi connectivity index (χ2v) is 7.58. The summed E-state index contributed by atoms with van der Waals surface area (Å²) in [5, 5.41) is 0. The smallest absolute Gasteiger partial charge is 0.150 e. The fourth-order valence-corrected chi connectivity index (χ4v) is 3.75. The largest absolute Gasteiger partial charge is 0.478 e. The summed E-state index contributed by atoms with van der Waals surface area (Å²) in [6.07, 6.45) is 6.18. The average Bonchev–Trinajstić information content (AvgIpc) is 2.75. The minimum absolute atomic E-state index is 0.264. The third kappa shape index (κ3) is 4.28. The first-order valence-corrected chi connectivity index (χ1v) is 10.0. The Bertz CT molecular complexity index is 958. The Labute approximate surface area is 171 Å². The molecule has 2 aliphatic rings. The molecule has 0 N–H and O–H groups in total. The molecule has 0 aliphatic carbocycles. The van der Waals surface area contributed by atoms with E-state index in [-0.39, 0.29) is 5.82 Å². The number of nitrogens with zero attached hydrogens (tertiary/aromatic N) is 1. The third-order valence-electron chi connectivity index (χ3n) is 5.49. The number of benzene rings is 2. The quantitative estimate of drug-likeness (QED) is 0.708. The molecule has 1 unspecified atom stereocenters. The van der Waals surface area contributed by atoms with Gasteiger partial charge < -0.3 is 14.4 Å². The number of ether oxygens (including phenoxy) is 2. The van der Waals surface area contributed by atoms with Crippen LogP contribution in [0.4, 0.5) is 4.39 Å². The van der Waals surface area contributed by atoms with Crippen molar-refractivity contribution < 1.29 is 13.9 Å². The topological polar surface area (TPSA) is 21.7 Å². The molecule has 0 bridgehead atoms. The average molecular weight is 391 g/mol. The Balaban J connectivity index is 1.74. The van der Waals surface area contributed by atoms with E-state index in [1.165, 1.54) is 12.1 Å². The zero-order chi connectivity index (χ0) is 20.3. The lowest BCUT2D eigenvalue weighted by atomic mass is 9.90. The molecule has 1 fully saturated rings. The lowest BCUT2D eigenvalue weighted by Crippen LogP contribution is -2.35. The monoisotopic (exact) mass is 391 g/mol. The highest BCUT2D eigenvalue weighted by Gasteiger charge is 2.31. The van der Waals surface area contributed by atoms with Gasteiger partial charge in [0.15, 0.2) is 0 Å². The number of morpholine rings is 1. The molecule has 0 saturated carbocycles. The molecule has 2 aromatic rings. The summed E-state index contributed by atoms with van der Waals surface area (Å²) in [4.78, 5) is 2.31. The molecule has 29 heavy (non-hydrogen) atoms. The molecule has 4 rings (SSSR count). The fraction of sp³-hybridized carbons (Fsp3) is 0.280. The van der Waals surface area contributed by atoms with Gasteiger partial charge in [-0.25, -0.2) is 4.39 Å². The number of allylic oxidation sites excluding steroid dienone is 4. The highest BCUT2D eigenvalue weighted by molar-refractivity contribution is 5.78. The summed E-state index contributed by atoms with van der Waals surface area (Å²) < 4.78 is 25.9. The normalized spacial score (nSPS) is 22.6. The van der Waals surface area contributed by atoms with Crippen LogP contribution < -0.4 is 0 Å². The maximum atomic E-state index is 13.9. The highest BCUT2D eigenvalue weighted by atomic mass is 19.1. The summed E-state index contributed by atoms with van der Waals surface area (Å²) in [5.74, 6) is 0.523. The molecule has 3 nitrogen and oxygen atoms in total. The first-order valence-electron chi connectivity index (χ1n) is 10.0. The molecule has 2 heterocycles. The van der Waals surface area contributed by atoms with E-state index in [2.05, 4.69) is 36.1 Å². The number of rotatable bonds is 4. The first kappa shape index (κ1) is 19.5. The van der Waals surface area contributed by atoms with Gasteiger partial charge in [-0.05, 0) is 43.7 Å². The number of hydrogen-bond donors (Lipinski definition) is 0. The van der Waals surface area contributed by atoms with E-state index < -0.39 is 5.60 Å². The van der Waals surface area contributed by atoms with Gasteiger partial charge in [0.1, 0.15) is 17.2 Å². The molecule has 2 aromatic carbocycles. The second-order valence-electron chi connectivity index (χ2n) is 7.58. The van der Waals surface area contributed by atoms with E-state index >= 15 is 0 Å². The fourth-order valence-electron chi connectivity index (χ4n) is 3.75. The molecule has 0 spiro atoms. The Morgan fingerprint density at radius 1 is 1.07 bits per heavy atom. The van der Waals surface area contributed by atoms with E-state index in [4.69, 9.17) is 9.47 Å². The van der Waals surface area contributed by atoms with Gasteiger partial charge in [-0.2, -0.15) is 0 Å². The Kier molecular flexibility index (Phi) is 5.54. The Morgan fingerprint density at radius 2 is 1.83 bits per heavy atom. The van der Waals surface area contributed by atoms with Crippen molar-refractivity contribution >= 4 is 5.57 Å². The molecule has 150 valence electrons. The molecular weight excluding hydrogens is 365 g/mol. The first-order chi connectivity index (χ1) is 14.0. The van der Waals surface area contributed by atoms with Crippen molar-refractivity contribution in [3.8, 4) is 0 Å². The van der Waals surface area contributed by atoms with Crippen molar-refractivity contribution in [3.05, 3.63) is 101 Å². The third-order valence-corrected chi connectivity index (χ3v) is 5.49. The van der Waals surface area contributed by atoms with Crippen molar-refractivity contribution in [2.45, 2.75) is 19.4 Å².